The molecule has 1 heterocycles. The van der Waals surface area contributed by atoms with Crippen LogP contribution in [0.5, 0.6) is 0 Å². The van der Waals surface area contributed by atoms with Crippen LogP contribution in [0.1, 0.15) is 59.4 Å². The molecule has 7 nitrogen and oxygen atoms in total. The zero-order valence-electron chi connectivity index (χ0n) is 24.6. The van der Waals surface area contributed by atoms with E-state index in [4.69, 9.17) is 20.4 Å². The average molecular weight is 640 g/mol. The molecule has 1 aliphatic carbocycles. The van der Waals surface area contributed by atoms with Gasteiger partial charge in [0.25, 0.3) is 0 Å². The molecule has 4 atom stereocenters. The summed E-state index contributed by atoms with van der Waals surface area (Å²) in [6.45, 7) is 11.8. The summed E-state index contributed by atoms with van der Waals surface area (Å²) in [6, 6.07) is 10.5. The van der Waals surface area contributed by atoms with E-state index in [1.54, 1.807) is 6.08 Å². The van der Waals surface area contributed by atoms with Crippen molar-refractivity contribution in [2.75, 3.05) is 0 Å². The molecule has 0 bridgehead atoms. The van der Waals surface area contributed by atoms with Gasteiger partial charge in [-0.25, -0.2) is 4.79 Å². The number of rotatable bonds is 8. The molecule has 0 spiro atoms. The van der Waals surface area contributed by atoms with Gasteiger partial charge in [0, 0.05) is 39.1 Å². The van der Waals surface area contributed by atoms with Crippen molar-refractivity contribution in [2.45, 2.75) is 84.7 Å². The Balaban J connectivity index is 0.000000542. The summed E-state index contributed by atoms with van der Waals surface area (Å²) in [5, 5.41) is 35.3. The minimum absolute atomic E-state index is 0. The summed E-state index contributed by atoms with van der Waals surface area (Å²) in [7, 11) is 0. The van der Waals surface area contributed by atoms with Crippen LogP contribution >= 0.6 is 0 Å². The Labute approximate surface area is 269 Å². The topological polar surface area (TPSA) is 124 Å². The molecule has 2 aliphatic rings. The number of ketones is 1. The van der Waals surface area contributed by atoms with Crippen LogP contribution in [-0.2, 0) is 53.5 Å². The number of aliphatic hydroxyl groups excluding tert-OH is 3. The smallest absolute Gasteiger partial charge is 0.332 e. The Kier molecular flexibility index (Phi) is 16.1. The first kappa shape index (κ1) is 37.0. The third-order valence-electron chi connectivity index (χ3n) is 6.95. The van der Waals surface area contributed by atoms with Crippen molar-refractivity contribution >= 4 is 11.8 Å². The largest absolute Gasteiger partial charge is 0.537 e. The molecule has 1 aromatic rings. The summed E-state index contributed by atoms with van der Waals surface area (Å²) in [6.07, 6.45) is 10.5. The first-order chi connectivity index (χ1) is 18.8. The van der Waals surface area contributed by atoms with E-state index in [1.807, 2.05) is 43.3 Å². The second-order valence-corrected chi connectivity index (χ2v) is 11.0. The normalized spacial score (nSPS) is 25.0. The van der Waals surface area contributed by atoms with Gasteiger partial charge in [-0.15, -0.1) is 0 Å². The molecule has 221 valence electrons. The van der Waals surface area contributed by atoms with Crippen molar-refractivity contribution in [3.8, 4) is 0 Å². The van der Waals surface area contributed by atoms with E-state index in [-0.39, 0.29) is 43.9 Å². The van der Waals surface area contributed by atoms with E-state index in [2.05, 4.69) is 56.7 Å². The van der Waals surface area contributed by atoms with Crippen LogP contribution in [0.15, 0.2) is 83.0 Å². The van der Waals surface area contributed by atoms with Crippen molar-refractivity contribution in [1.82, 2.24) is 0 Å². The SMILES string of the molecule is CC1=C(/C=C/C(C)=C/C=C/C(C)=C/C(=O)Cc2cc[c-]cc2)C(C)(C)CCC1.O=C(O)C1O[CH-]C(O)C(O)C1O.[Y]. The maximum atomic E-state index is 12.1. The molecular formula is C33H42O7Y-2. The maximum absolute atomic E-state index is 12.1. The number of carboxylic acid groups (broad SMARTS) is 1. The van der Waals surface area contributed by atoms with Crippen LogP contribution in [0.2, 0.25) is 0 Å². The van der Waals surface area contributed by atoms with E-state index in [0.29, 0.717) is 6.42 Å². The summed E-state index contributed by atoms with van der Waals surface area (Å²) in [5.74, 6) is -1.26. The van der Waals surface area contributed by atoms with Crippen LogP contribution in [-0.4, -0.2) is 56.6 Å². The van der Waals surface area contributed by atoms with Gasteiger partial charge in [-0.3, -0.25) is 4.79 Å². The molecule has 0 aromatic heterocycles. The standard InChI is InChI=1S/C27H33O.C6H9O6.Y/c1-21(16-17-26-23(3)13-10-18-27(26,4)5)11-9-12-22(2)19-25(28)20-24-14-7-6-8-15-24;7-2-1-12-5(6(10)11)4(9)3(2)8;/h7-9,11-12,14-17,19H,10,13,18,20H2,1-5H3;1-5,7-9H,(H,10,11);/q2*-1;/b12-9+,17-16+,21-11+,22-19+;;. The Morgan fingerprint density at radius 2 is 1.76 bits per heavy atom. The fourth-order valence-corrected chi connectivity index (χ4v) is 4.64. The van der Waals surface area contributed by atoms with Crippen molar-refractivity contribution in [1.29, 1.82) is 0 Å². The van der Waals surface area contributed by atoms with Crippen molar-refractivity contribution in [3.63, 3.8) is 0 Å². The van der Waals surface area contributed by atoms with Crippen molar-refractivity contribution in [2.24, 2.45) is 5.41 Å². The number of carbonyl (C=O) groups is 2. The number of allylic oxidation sites excluding steroid dienone is 10. The number of ether oxygens (including phenoxy) is 1. The Bertz CT molecular complexity index is 1160. The third kappa shape index (κ3) is 12.4. The van der Waals surface area contributed by atoms with Gasteiger partial charge in [0.1, 0.15) is 6.10 Å². The minimum Gasteiger partial charge on any atom is -0.537 e. The number of aliphatic carboxylic acids is 1. The molecule has 1 aliphatic heterocycles. The minimum atomic E-state index is -1.61. The van der Waals surface area contributed by atoms with Crippen molar-refractivity contribution in [3.05, 3.63) is 101 Å². The Morgan fingerprint density at radius 3 is 2.37 bits per heavy atom. The van der Waals surface area contributed by atoms with Crippen LogP contribution in [0.3, 0.4) is 0 Å². The van der Waals surface area contributed by atoms with Crippen LogP contribution in [0.25, 0.3) is 0 Å². The molecule has 4 unspecified atom stereocenters. The van der Waals surface area contributed by atoms with Crippen LogP contribution < -0.4 is 0 Å². The molecule has 1 saturated heterocycles. The second kappa shape index (κ2) is 17.8. The second-order valence-electron chi connectivity index (χ2n) is 11.0. The molecule has 1 radical (unpaired) electrons. The van der Waals surface area contributed by atoms with E-state index in [0.717, 1.165) is 17.7 Å². The molecule has 3 rings (SSSR count). The summed E-state index contributed by atoms with van der Waals surface area (Å²) < 4.78 is 4.45. The number of carbonyl (C=O) groups excluding carboxylic acids is 1. The molecule has 8 heteroatoms. The molecule has 1 fully saturated rings. The summed E-state index contributed by atoms with van der Waals surface area (Å²) >= 11 is 0. The fraction of sp³-hybridized carbons (Fsp3) is 0.424. The zero-order chi connectivity index (χ0) is 29.9. The number of carboxylic acids is 1. The number of aliphatic hydroxyl groups is 3. The predicted octanol–water partition coefficient (Wildman–Crippen LogP) is 4.84. The first-order valence-electron chi connectivity index (χ1n) is 13.5. The van der Waals surface area contributed by atoms with Gasteiger partial charge >= 0.3 is 5.97 Å². The van der Waals surface area contributed by atoms with Crippen LogP contribution in [0.4, 0.5) is 0 Å². The van der Waals surface area contributed by atoms with Gasteiger partial charge in [-0.1, -0.05) is 55.4 Å². The molecule has 0 amide bonds. The Morgan fingerprint density at radius 1 is 1.10 bits per heavy atom. The van der Waals surface area contributed by atoms with E-state index in [1.165, 1.54) is 36.0 Å². The van der Waals surface area contributed by atoms with Gasteiger partial charge in [-0.2, -0.15) is 42.5 Å². The van der Waals surface area contributed by atoms with Crippen molar-refractivity contribution < 1.29 is 67.5 Å². The fourth-order valence-electron chi connectivity index (χ4n) is 4.64. The molecule has 4 N–H and O–H groups in total. The van der Waals surface area contributed by atoms with Gasteiger partial charge in [0.15, 0.2) is 11.9 Å². The average Bonchev–Trinajstić information content (AvgIpc) is 2.87. The Hall–Kier alpha value is -2.00. The zero-order valence-corrected chi connectivity index (χ0v) is 27.4. The summed E-state index contributed by atoms with van der Waals surface area (Å²) in [4.78, 5) is 22.5. The molecular weight excluding hydrogens is 597 g/mol. The van der Waals surface area contributed by atoms with E-state index < -0.39 is 30.4 Å². The number of hydrogen-bond donors (Lipinski definition) is 4. The quantitative estimate of drug-likeness (QED) is 0.182. The van der Waals surface area contributed by atoms with E-state index in [9.17, 15) is 9.59 Å². The number of benzene rings is 1. The summed E-state index contributed by atoms with van der Waals surface area (Å²) in [5.41, 5.74) is 6.46. The molecule has 1 aromatic carbocycles. The van der Waals surface area contributed by atoms with Crippen LogP contribution in [0, 0.1) is 18.1 Å². The first-order valence-corrected chi connectivity index (χ1v) is 13.5. The van der Waals surface area contributed by atoms with E-state index >= 15 is 0 Å². The maximum Gasteiger partial charge on any atom is 0.332 e. The molecule has 41 heavy (non-hydrogen) atoms. The molecule has 0 saturated carbocycles. The van der Waals surface area contributed by atoms with Gasteiger partial charge in [0.2, 0.25) is 0 Å². The van der Waals surface area contributed by atoms with Gasteiger partial charge in [0.05, 0.1) is 6.10 Å². The third-order valence-corrected chi connectivity index (χ3v) is 6.95. The number of hydrogen-bond acceptors (Lipinski definition) is 6. The monoisotopic (exact) mass is 639 g/mol. The van der Waals surface area contributed by atoms with Gasteiger partial charge < -0.3 is 25.2 Å². The predicted molar refractivity (Wildman–Crippen MR) is 155 cm³/mol. The van der Waals surface area contributed by atoms with Gasteiger partial charge in [-0.05, 0) is 68.8 Å².